The average molecular weight is 1320 g/mol. The van der Waals surface area contributed by atoms with Crippen LogP contribution in [-0.2, 0) is 76.4 Å². The van der Waals surface area contributed by atoms with Gasteiger partial charge in [-0.05, 0) is 19.3 Å². The molecule has 0 radical (unpaired) electrons. The number of amides is 7. The van der Waals surface area contributed by atoms with Crippen LogP contribution in [0.4, 0.5) is 0 Å². The van der Waals surface area contributed by atoms with Crippen molar-refractivity contribution in [3.8, 4) is 0 Å². The lowest BCUT2D eigenvalue weighted by atomic mass is 9.83. The summed E-state index contributed by atoms with van der Waals surface area (Å²) < 4.78 is 33.2. The van der Waals surface area contributed by atoms with Gasteiger partial charge in [-0.25, -0.2) is 0 Å². The minimum absolute atomic E-state index is 0.00589. The first-order valence-electron chi connectivity index (χ1n) is 33.2. The molecule has 30 nitrogen and oxygen atoms in total. The van der Waals surface area contributed by atoms with Gasteiger partial charge in [0.1, 0.15) is 41.7 Å². The van der Waals surface area contributed by atoms with Crippen LogP contribution < -0.4 is 59.3 Å². The molecule has 9 unspecified atom stereocenters. The Balaban J connectivity index is 2.87. The fourth-order valence-corrected chi connectivity index (χ4v) is 9.74. The Kier molecular flexibility index (Phi) is 50.8. The van der Waals surface area contributed by atoms with Gasteiger partial charge >= 0.3 is 0 Å². The van der Waals surface area contributed by atoms with Crippen molar-refractivity contribution >= 4 is 58.7 Å². The number of unbranched alkanes of at least 4 members (excludes halogenated alkanes) is 6. The normalized spacial score (nSPS) is 17.6. The number of carbonyl (C=O) groups excluding carboxylic acids is 10. The molecule has 30 heteroatoms. The summed E-state index contributed by atoms with van der Waals surface area (Å²) >= 11 is 0. The molecule has 92 heavy (non-hydrogen) atoms. The number of nitrogens with one attached hydrogen (secondary N) is 9. The summed E-state index contributed by atoms with van der Waals surface area (Å²) in [5.74, 6) is -9.07. The lowest BCUT2D eigenvalue weighted by molar-refractivity contribution is -0.272. The number of hydrogen-bond donors (Lipinski definition) is 14. The molecule has 0 bridgehead atoms. The van der Waals surface area contributed by atoms with Gasteiger partial charge < -0.3 is 103 Å². The maximum atomic E-state index is 14.4. The zero-order valence-corrected chi connectivity index (χ0v) is 55.3. The van der Waals surface area contributed by atoms with E-state index >= 15 is 0 Å². The van der Waals surface area contributed by atoms with E-state index in [1.165, 1.54) is 6.92 Å². The van der Waals surface area contributed by atoms with Crippen LogP contribution in [0.2, 0.25) is 0 Å². The molecule has 1 saturated heterocycles. The number of ether oxygens (including phenoxy) is 6. The van der Waals surface area contributed by atoms with E-state index in [9.17, 15) is 63.3 Å². The maximum absolute atomic E-state index is 14.4. The topological polar surface area (TPSA) is 447 Å². The number of Topliss-reactive ketones (excluding diaryl/α,β-unsaturated/α-hetero) is 3. The Morgan fingerprint density at radius 1 is 0.457 bits per heavy atom. The van der Waals surface area contributed by atoms with Gasteiger partial charge in [-0.1, -0.05) is 59.3 Å². The van der Waals surface area contributed by atoms with Crippen molar-refractivity contribution in [3.05, 3.63) is 0 Å². The lowest BCUT2D eigenvalue weighted by Crippen LogP contribution is -2.64. The molecule has 1 aliphatic heterocycles. The van der Waals surface area contributed by atoms with Crippen LogP contribution in [0.1, 0.15) is 137 Å². The molecule has 9 atom stereocenters. The Bertz CT molecular complexity index is 2090. The molecule has 0 aromatic heterocycles. The molecule has 7 amide bonds. The first-order valence-corrected chi connectivity index (χ1v) is 33.2. The van der Waals surface area contributed by atoms with Gasteiger partial charge in [0, 0.05) is 149 Å². The molecule has 1 fully saturated rings. The molecule has 1 aliphatic rings. The minimum atomic E-state index is -1.43. The highest BCUT2D eigenvalue weighted by molar-refractivity contribution is 5.97. The summed E-state index contributed by atoms with van der Waals surface area (Å²) in [5.41, 5.74) is 11.2. The third-order valence-electron chi connectivity index (χ3n) is 14.9. The molecule has 0 aromatic carbocycles. The second-order valence-corrected chi connectivity index (χ2v) is 22.8. The van der Waals surface area contributed by atoms with Crippen LogP contribution in [0, 0.1) is 23.7 Å². The predicted molar refractivity (Wildman–Crippen MR) is 341 cm³/mol. The van der Waals surface area contributed by atoms with Crippen LogP contribution in [-0.4, -0.2) is 249 Å². The monoisotopic (exact) mass is 1320 g/mol. The van der Waals surface area contributed by atoms with E-state index in [0.29, 0.717) is 58.8 Å². The Labute approximate surface area is 543 Å². The Hall–Kier alpha value is -5.22. The number of aliphatic hydroxyl groups is 3. The van der Waals surface area contributed by atoms with Gasteiger partial charge in [-0.2, -0.15) is 0 Å². The van der Waals surface area contributed by atoms with Crippen LogP contribution in [0.25, 0.3) is 0 Å². The lowest BCUT2D eigenvalue weighted by Gasteiger charge is -2.42. The van der Waals surface area contributed by atoms with E-state index in [4.69, 9.17) is 39.9 Å². The smallest absolute Gasteiger partial charge is 0.224 e. The van der Waals surface area contributed by atoms with Crippen molar-refractivity contribution in [1.82, 2.24) is 47.9 Å². The highest BCUT2D eigenvalue weighted by Crippen LogP contribution is 2.25. The molecule has 532 valence electrons. The molecule has 1 rings (SSSR count). The van der Waals surface area contributed by atoms with E-state index in [2.05, 4.69) is 61.7 Å². The standard InChI is InChI=1S/C62H115N11O19/c1-5-8-10-12-17-67-54(80)41-46(37-49(76)36-45(7-3)59(84)70-18-13-11-9-6-2)51(78)40-47(60(85)71-24-22-66-20-16-64)38-50(77)39-48(42-55(81)68-23-21-65-19-15-63)61(86)72-26-29-89-31-30-87-27-14-53(79)69-25-28-88-32-33-90-34-35-91-62-56(73-44(4)75)58(83)57(82)52(43-74)92-62/h45-48,52,56-58,62,65-66,74,82-83H,5-43,63-64H2,1-4H3,(H,67,80)(H,68,81)(H,69,79)(H,70,84)(H,71,85)(H,72,86)(H,73,75). The number of nitrogens with two attached hydrogens (primary N) is 2. The number of hydrogen-bond acceptors (Lipinski definition) is 23. The number of aliphatic hydroxyl groups excluding tert-OH is 3. The van der Waals surface area contributed by atoms with Gasteiger partial charge in [-0.3, -0.25) is 47.9 Å². The first-order chi connectivity index (χ1) is 44.3. The highest BCUT2D eigenvalue weighted by atomic mass is 16.7. The molecular formula is C62H115N11O19. The quantitative estimate of drug-likeness (QED) is 0.0284. The van der Waals surface area contributed by atoms with Crippen molar-refractivity contribution in [3.63, 3.8) is 0 Å². The van der Waals surface area contributed by atoms with Gasteiger partial charge in [0.15, 0.2) is 6.29 Å². The molecule has 0 aliphatic carbocycles. The first kappa shape index (κ1) is 84.8. The number of ketones is 3. The summed E-state index contributed by atoms with van der Waals surface area (Å²) in [6.45, 7) is 11.6. The molecule has 1 heterocycles. The van der Waals surface area contributed by atoms with Gasteiger partial charge in [0.25, 0.3) is 0 Å². The largest absolute Gasteiger partial charge is 0.394 e. The summed E-state index contributed by atoms with van der Waals surface area (Å²) in [7, 11) is 0. The van der Waals surface area contributed by atoms with Gasteiger partial charge in [-0.15, -0.1) is 0 Å². The second-order valence-electron chi connectivity index (χ2n) is 22.8. The zero-order valence-electron chi connectivity index (χ0n) is 55.3. The second kappa shape index (κ2) is 55.1. The minimum Gasteiger partial charge on any atom is -0.394 e. The van der Waals surface area contributed by atoms with Gasteiger partial charge in [0.2, 0.25) is 41.4 Å². The molecular weight excluding hydrogens is 1200 g/mol. The van der Waals surface area contributed by atoms with Crippen molar-refractivity contribution in [1.29, 1.82) is 0 Å². The van der Waals surface area contributed by atoms with Crippen molar-refractivity contribution in [2.75, 3.05) is 145 Å². The zero-order chi connectivity index (χ0) is 68.2. The van der Waals surface area contributed by atoms with Crippen LogP contribution >= 0.6 is 0 Å². The maximum Gasteiger partial charge on any atom is 0.224 e. The SMILES string of the molecule is CCCCCCNC(=O)CC(CC(=O)CC(CC)C(=O)NCCCCCC)C(=O)CC(CC(=O)CC(CC(=O)NCCNCCN)C(=O)NCCOCCOCCC(=O)NCCOCCOCCOC1OC(CO)C(O)C(O)C1NC(C)=O)C(=O)NCCNCCN. The Morgan fingerprint density at radius 2 is 0.902 bits per heavy atom. The summed E-state index contributed by atoms with van der Waals surface area (Å²) in [6, 6.07) is -1.06. The molecule has 0 saturated carbocycles. The summed E-state index contributed by atoms with van der Waals surface area (Å²) in [4.78, 5) is 134. The number of carbonyl (C=O) groups is 10. The third kappa shape index (κ3) is 41.5. The van der Waals surface area contributed by atoms with Crippen molar-refractivity contribution < 1.29 is 91.7 Å². The van der Waals surface area contributed by atoms with Gasteiger partial charge in [0.05, 0.1) is 77.9 Å². The fraction of sp³-hybridized carbons (Fsp3) is 0.839. The van der Waals surface area contributed by atoms with Crippen LogP contribution in [0.5, 0.6) is 0 Å². The van der Waals surface area contributed by atoms with E-state index < -0.39 is 127 Å². The summed E-state index contributed by atoms with van der Waals surface area (Å²) in [6.07, 6.45) is 0.0650. The predicted octanol–water partition coefficient (Wildman–Crippen LogP) is -2.33. The Morgan fingerprint density at radius 3 is 1.46 bits per heavy atom. The summed E-state index contributed by atoms with van der Waals surface area (Å²) in [5, 5.41) is 55.3. The van der Waals surface area contributed by atoms with Crippen LogP contribution in [0.3, 0.4) is 0 Å². The van der Waals surface area contributed by atoms with Crippen LogP contribution in [0.15, 0.2) is 0 Å². The van der Waals surface area contributed by atoms with E-state index in [1.54, 1.807) is 6.92 Å². The van der Waals surface area contributed by atoms with Crippen molar-refractivity contribution in [2.24, 2.45) is 35.1 Å². The number of rotatable bonds is 60. The molecule has 0 spiro atoms. The third-order valence-corrected chi connectivity index (χ3v) is 14.9. The molecule has 16 N–H and O–H groups in total. The van der Waals surface area contributed by atoms with E-state index in [-0.39, 0.29) is 130 Å². The highest BCUT2D eigenvalue weighted by Gasteiger charge is 2.45. The fourth-order valence-electron chi connectivity index (χ4n) is 9.74. The van der Waals surface area contributed by atoms with E-state index in [0.717, 1.165) is 51.4 Å². The van der Waals surface area contributed by atoms with Crippen molar-refractivity contribution in [2.45, 2.75) is 167 Å². The molecule has 0 aromatic rings. The van der Waals surface area contributed by atoms with E-state index in [1.807, 2.05) is 0 Å². The average Bonchev–Trinajstić information content (AvgIpc) is 0.854.